The van der Waals surface area contributed by atoms with Gasteiger partial charge >= 0.3 is 5.97 Å². The molecule has 1 fully saturated rings. The molecule has 1 aliphatic rings. The molecule has 1 aliphatic heterocycles. The second kappa shape index (κ2) is 6.82. The Labute approximate surface area is 132 Å². The van der Waals surface area contributed by atoms with Crippen LogP contribution in [0.25, 0.3) is 6.08 Å². The number of carboxylic acid groups (broad SMARTS) is 1. The smallest absolute Gasteiger partial charge is 0.326 e. The van der Waals surface area contributed by atoms with Crippen LogP contribution in [0.4, 0.5) is 0 Å². The number of amides is 1. The summed E-state index contributed by atoms with van der Waals surface area (Å²) < 4.78 is 0.281. The number of carboxylic acids is 1. The van der Waals surface area contributed by atoms with E-state index >= 15 is 0 Å². The Morgan fingerprint density at radius 1 is 1.57 bits per heavy atom. The third-order valence-corrected chi connectivity index (χ3v) is 4.28. The summed E-state index contributed by atoms with van der Waals surface area (Å²) in [4.78, 5) is 29.5. The van der Waals surface area contributed by atoms with Crippen molar-refractivity contribution in [3.8, 4) is 0 Å². The lowest BCUT2D eigenvalue weighted by Crippen LogP contribution is -2.43. The zero-order valence-electron chi connectivity index (χ0n) is 11.4. The van der Waals surface area contributed by atoms with Crippen molar-refractivity contribution in [1.29, 1.82) is 0 Å². The van der Waals surface area contributed by atoms with Gasteiger partial charge in [0.25, 0.3) is 5.91 Å². The minimum absolute atomic E-state index is 0.281. The fraction of sp³-hybridized carbons (Fsp3) is 0.286. The van der Waals surface area contributed by atoms with Crippen LogP contribution in [0.15, 0.2) is 29.3 Å². The van der Waals surface area contributed by atoms with Crippen LogP contribution in [0.5, 0.6) is 0 Å². The largest absolute Gasteiger partial charge is 0.480 e. The molecule has 0 unspecified atom stereocenters. The number of hydrogen-bond donors (Lipinski definition) is 1. The van der Waals surface area contributed by atoms with Gasteiger partial charge in [0.1, 0.15) is 10.4 Å². The van der Waals surface area contributed by atoms with Crippen molar-refractivity contribution in [3.05, 3.63) is 35.0 Å². The molecule has 2 rings (SSSR count). The Morgan fingerprint density at radius 2 is 2.33 bits per heavy atom. The quantitative estimate of drug-likeness (QED) is 0.663. The number of aromatic nitrogens is 1. The number of thiocarbonyl (C=S) groups is 1. The summed E-state index contributed by atoms with van der Waals surface area (Å²) in [7, 11) is 0. The van der Waals surface area contributed by atoms with Crippen molar-refractivity contribution in [2.75, 3.05) is 0 Å². The van der Waals surface area contributed by atoms with Crippen LogP contribution in [0.2, 0.25) is 0 Å². The summed E-state index contributed by atoms with van der Waals surface area (Å²) in [5.74, 6) is -1.40. The molecule has 0 aromatic carbocycles. The van der Waals surface area contributed by atoms with Gasteiger partial charge in [-0.3, -0.25) is 14.7 Å². The van der Waals surface area contributed by atoms with Crippen molar-refractivity contribution in [1.82, 2.24) is 9.88 Å². The van der Waals surface area contributed by atoms with Crippen molar-refractivity contribution in [3.63, 3.8) is 0 Å². The van der Waals surface area contributed by atoms with E-state index < -0.39 is 12.0 Å². The number of nitrogens with zero attached hydrogens (tertiary/aromatic N) is 2. The third-order valence-electron chi connectivity index (χ3n) is 2.95. The molecule has 5 nitrogen and oxygen atoms in total. The van der Waals surface area contributed by atoms with Gasteiger partial charge in [0.05, 0.1) is 10.6 Å². The average molecular weight is 322 g/mol. The first kappa shape index (κ1) is 15.7. The molecule has 1 saturated heterocycles. The molecule has 110 valence electrons. The fourth-order valence-corrected chi connectivity index (χ4v) is 3.32. The topological polar surface area (TPSA) is 70.5 Å². The van der Waals surface area contributed by atoms with Crippen LogP contribution >= 0.6 is 24.0 Å². The molecule has 1 aromatic rings. The number of aliphatic carboxylic acids is 1. The molecule has 0 saturated carbocycles. The predicted molar refractivity (Wildman–Crippen MR) is 85.6 cm³/mol. The molecule has 0 bridgehead atoms. The van der Waals surface area contributed by atoms with E-state index in [2.05, 4.69) is 4.98 Å². The Hall–Kier alpha value is -1.73. The minimum atomic E-state index is -1.03. The minimum Gasteiger partial charge on any atom is -0.480 e. The first-order valence-corrected chi connectivity index (χ1v) is 7.68. The molecule has 2 heterocycles. The maximum absolute atomic E-state index is 12.4. The molecule has 1 amide bonds. The van der Waals surface area contributed by atoms with Crippen molar-refractivity contribution in [2.45, 2.75) is 25.8 Å². The van der Waals surface area contributed by atoms with Gasteiger partial charge in [-0.2, -0.15) is 0 Å². The van der Waals surface area contributed by atoms with E-state index in [0.717, 1.165) is 11.8 Å². The van der Waals surface area contributed by atoms with Crippen LogP contribution in [-0.2, 0) is 9.59 Å². The summed E-state index contributed by atoms with van der Waals surface area (Å²) in [5, 5.41) is 9.28. The van der Waals surface area contributed by atoms with Crippen LogP contribution in [0, 0.1) is 0 Å². The number of thioether (sulfide) groups is 1. The SMILES string of the molecule is CCC[C@H](C(=O)O)N1C(=O)/C(=C/c2ccccn2)SC1=S. The van der Waals surface area contributed by atoms with Gasteiger partial charge in [-0.15, -0.1) is 0 Å². The van der Waals surface area contributed by atoms with E-state index in [1.807, 2.05) is 13.0 Å². The molecule has 0 aliphatic carbocycles. The van der Waals surface area contributed by atoms with E-state index in [1.165, 1.54) is 4.90 Å². The lowest BCUT2D eigenvalue weighted by atomic mass is 10.1. The summed E-state index contributed by atoms with van der Waals surface area (Å²) in [6, 6.07) is 4.46. The molecule has 0 spiro atoms. The molecule has 1 aromatic heterocycles. The first-order valence-electron chi connectivity index (χ1n) is 6.45. The first-order chi connectivity index (χ1) is 10.0. The zero-order valence-corrected chi connectivity index (χ0v) is 13.0. The molecule has 1 atom stereocenters. The molecule has 21 heavy (non-hydrogen) atoms. The Morgan fingerprint density at radius 3 is 2.90 bits per heavy atom. The highest BCUT2D eigenvalue weighted by molar-refractivity contribution is 8.26. The lowest BCUT2D eigenvalue weighted by molar-refractivity contribution is -0.145. The Balaban J connectivity index is 2.28. The van der Waals surface area contributed by atoms with E-state index in [-0.39, 0.29) is 10.2 Å². The van der Waals surface area contributed by atoms with Crippen LogP contribution < -0.4 is 0 Å². The van der Waals surface area contributed by atoms with Crippen molar-refractivity contribution >= 4 is 46.3 Å². The standard InChI is InChI=1S/C14H14N2O3S2/c1-2-5-10(13(18)19)16-12(17)11(21-14(16)20)8-9-6-3-4-7-15-9/h3-4,6-8,10H,2,5H2,1H3,(H,18,19)/b11-8-/t10-/m1/s1. The molecule has 1 N–H and O–H groups in total. The predicted octanol–water partition coefficient (Wildman–Crippen LogP) is 2.54. The summed E-state index contributed by atoms with van der Waals surface area (Å²) in [5.41, 5.74) is 0.639. The van der Waals surface area contributed by atoms with Gasteiger partial charge < -0.3 is 5.11 Å². The van der Waals surface area contributed by atoms with Gasteiger partial charge in [0.2, 0.25) is 0 Å². The van der Waals surface area contributed by atoms with Crippen LogP contribution in [0.3, 0.4) is 0 Å². The van der Waals surface area contributed by atoms with Gasteiger partial charge in [0, 0.05) is 6.20 Å². The van der Waals surface area contributed by atoms with Gasteiger partial charge in [-0.05, 0) is 24.6 Å². The van der Waals surface area contributed by atoms with E-state index in [4.69, 9.17) is 12.2 Å². The van der Waals surface area contributed by atoms with Gasteiger partial charge in [0.15, 0.2) is 0 Å². The summed E-state index contributed by atoms with van der Waals surface area (Å²) in [6.45, 7) is 1.87. The van der Waals surface area contributed by atoms with E-state index in [9.17, 15) is 14.7 Å². The number of rotatable bonds is 5. The number of pyridine rings is 1. The highest BCUT2D eigenvalue weighted by atomic mass is 32.2. The van der Waals surface area contributed by atoms with Crippen LogP contribution in [0.1, 0.15) is 25.5 Å². The second-order valence-corrected chi connectivity index (χ2v) is 6.12. The van der Waals surface area contributed by atoms with E-state index in [1.54, 1.807) is 24.4 Å². The molecular weight excluding hydrogens is 308 g/mol. The number of carbonyl (C=O) groups is 2. The highest BCUT2D eigenvalue weighted by Crippen LogP contribution is 2.34. The van der Waals surface area contributed by atoms with Crippen LogP contribution in [-0.4, -0.2) is 37.2 Å². The normalized spacial score (nSPS) is 18.3. The molecular formula is C14H14N2O3S2. The van der Waals surface area contributed by atoms with Crippen molar-refractivity contribution < 1.29 is 14.7 Å². The maximum Gasteiger partial charge on any atom is 0.326 e. The Bertz CT molecular complexity index is 601. The highest BCUT2D eigenvalue weighted by Gasteiger charge is 2.39. The van der Waals surface area contributed by atoms with Crippen molar-refractivity contribution in [2.24, 2.45) is 0 Å². The molecule has 0 radical (unpaired) electrons. The van der Waals surface area contributed by atoms with Gasteiger partial charge in [-0.1, -0.05) is 43.4 Å². The number of hydrogen-bond acceptors (Lipinski definition) is 5. The fourth-order valence-electron chi connectivity index (χ4n) is 1.98. The summed E-state index contributed by atoms with van der Waals surface area (Å²) in [6.07, 6.45) is 4.29. The molecule has 7 heteroatoms. The Kier molecular flexibility index (Phi) is 5.08. The third kappa shape index (κ3) is 3.48. The van der Waals surface area contributed by atoms with E-state index in [0.29, 0.717) is 23.4 Å². The number of carbonyl (C=O) groups excluding carboxylic acids is 1. The lowest BCUT2D eigenvalue weighted by Gasteiger charge is -2.22. The summed E-state index contributed by atoms with van der Waals surface area (Å²) >= 11 is 6.28. The zero-order chi connectivity index (χ0) is 15.4. The maximum atomic E-state index is 12.4. The average Bonchev–Trinajstić information content (AvgIpc) is 2.72. The van der Waals surface area contributed by atoms with Gasteiger partial charge in [-0.25, -0.2) is 4.79 Å². The monoisotopic (exact) mass is 322 g/mol. The second-order valence-electron chi connectivity index (χ2n) is 4.45.